The van der Waals surface area contributed by atoms with Crippen LogP contribution >= 0.6 is 0 Å². The SMILES string of the molecule is CCC1CCCCC1OC(C)CNCC(C)C. The maximum absolute atomic E-state index is 6.21. The van der Waals surface area contributed by atoms with Crippen molar-refractivity contribution in [3.8, 4) is 0 Å². The maximum Gasteiger partial charge on any atom is 0.0675 e. The van der Waals surface area contributed by atoms with Crippen LogP contribution < -0.4 is 5.32 Å². The van der Waals surface area contributed by atoms with Gasteiger partial charge in [0.15, 0.2) is 0 Å². The van der Waals surface area contributed by atoms with Gasteiger partial charge < -0.3 is 10.1 Å². The standard InChI is InChI=1S/C15H31NO/c1-5-14-8-6-7-9-15(14)17-13(4)11-16-10-12(2)3/h12-16H,5-11H2,1-4H3. The predicted molar refractivity (Wildman–Crippen MR) is 74.3 cm³/mol. The maximum atomic E-state index is 6.21. The highest BCUT2D eigenvalue weighted by atomic mass is 16.5. The normalized spacial score (nSPS) is 27.4. The highest BCUT2D eigenvalue weighted by Gasteiger charge is 2.25. The molecule has 1 saturated carbocycles. The van der Waals surface area contributed by atoms with Gasteiger partial charge >= 0.3 is 0 Å². The van der Waals surface area contributed by atoms with Crippen molar-refractivity contribution in [1.82, 2.24) is 5.32 Å². The second-order valence-electron chi connectivity index (χ2n) is 5.99. The molecular formula is C15H31NO. The Morgan fingerprint density at radius 2 is 1.82 bits per heavy atom. The van der Waals surface area contributed by atoms with E-state index in [0.29, 0.717) is 12.2 Å². The van der Waals surface area contributed by atoms with Crippen LogP contribution in [0.5, 0.6) is 0 Å². The molecule has 0 bridgehead atoms. The molecule has 2 nitrogen and oxygen atoms in total. The smallest absolute Gasteiger partial charge is 0.0675 e. The zero-order valence-corrected chi connectivity index (χ0v) is 12.2. The molecule has 0 aromatic heterocycles. The minimum Gasteiger partial charge on any atom is -0.374 e. The van der Waals surface area contributed by atoms with Gasteiger partial charge in [-0.15, -0.1) is 0 Å². The fourth-order valence-corrected chi connectivity index (χ4v) is 2.74. The largest absolute Gasteiger partial charge is 0.374 e. The molecule has 17 heavy (non-hydrogen) atoms. The van der Waals surface area contributed by atoms with Gasteiger partial charge in [0.2, 0.25) is 0 Å². The first-order chi connectivity index (χ1) is 8.13. The highest BCUT2D eigenvalue weighted by molar-refractivity contribution is 4.76. The molecule has 0 aromatic rings. The molecule has 3 atom stereocenters. The summed E-state index contributed by atoms with van der Waals surface area (Å²) in [4.78, 5) is 0. The third-order valence-corrected chi connectivity index (χ3v) is 3.76. The van der Waals surface area contributed by atoms with Crippen LogP contribution in [0.4, 0.5) is 0 Å². The van der Waals surface area contributed by atoms with Crippen LogP contribution in [0.2, 0.25) is 0 Å². The fraction of sp³-hybridized carbons (Fsp3) is 1.00. The summed E-state index contributed by atoms with van der Waals surface area (Å²) in [6.07, 6.45) is 7.54. The van der Waals surface area contributed by atoms with E-state index in [9.17, 15) is 0 Å². The van der Waals surface area contributed by atoms with Crippen LogP contribution in [0.25, 0.3) is 0 Å². The van der Waals surface area contributed by atoms with E-state index in [1.807, 2.05) is 0 Å². The first kappa shape index (κ1) is 15.0. The van der Waals surface area contributed by atoms with Gasteiger partial charge in [0.25, 0.3) is 0 Å². The van der Waals surface area contributed by atoms with Gasteiger partial charge in [-0.1, -0.05) is 40.0 Å². The Morgan fingerprint density at radius 1 is 1.12 bits per heavy atom. The van der Waals surface area contributed by atoms with Crippen molar-refractivity contribution in [2.75, 3.05) is 13.1 Å². The Labute approximate surface area is 108 Å². The first-order valence-corrected chi connectivity index (χ1v) is 7.49. The minimum atomic E-state index is 0.353. The van der Waals surface area contributed by atoms with Crippen molar-refractivity contribution in [3.05, 3.63) is 0 Å². The average Bonchev–Trinajstić information content (AvgIpc) is 2.29. The summed E-state index contributed by atoms with van der Waals surface area (Å²) < 4.78 is 6.21. The van der Waals surface area contributed by atoms with Gasteiger partial charge in [0.05, 0.1) is 12.2 Å². The Hall–Kier alpha value is -0.0800. The van der Waals surface area contributed by atoms with Crippen LogP contribution in [-0.2, 0) is 4.74 Å². The summed E-state index contributed by atoms with van der Waals surface area (Å²) in [6, 6.07) is 0. The molecule has 2 heteroatoms. The third kappa shape index (κ3) is 5.87. The van der Waals surface area contributed by atoms with E-state index in [0.717, 1.165) is 24.9 Å². The molecule has 1 aliphatic carbocycles. The van der Waals surface area contributed by atoms with Crippen molar-refractivity contribution in [1.29, 1.82) is 0 Å². The molecular weight excluding hydrogens is 210 g/mol. The molecule has 1 rings (SSSR count). The lowest BCUT2D eigenvalue weighted by molar-refractivity contribution is -0.0522. The van der Waals surface area contributed by atoms with Crippen LogP contribution in [0.3, 0.4) is 0 Å². The van der Waals surface area contributed by atoms with Crippen molar-refractivity contribution >= 4 is 0 Å². The van der Waals surface area contributed by atoms with Crippen LogP contribution in [0, 0.1) is 11.8 Å². The van der Waals surface area contributed by atoms with E-state index in [4.69, 9.17) is 4.74 Å². The van der Waals surface area contributed by atoms with Crippen LogP contribution in [-0.4, -0.2) is 25.3 Å². The lowest BCUT2D eigenvalue weighted by Crippen LogP contribution is -2.36. The monoisotopic (exact) mass is 241 g/mol. The quantitative estimate of drug-likeness (QED) is 0.735. The zero-order chi connectivity index (χ0) is 12.7. The molecule has 0 amide bonds. The molecule has 3 unspecified atom stereocenters. The van der Waals surface area contributed by atoms with Gasteiger partial charge in [-0.25, -0.2) is 0 Å². The highest BCUT2D eigenvalue weighted by Crippen LogP contribution is 2.29. The summed E-state index contributed by atoms with van der Waals surface area (Å²) in [5.41, 5.74) is 0. The van der Waals surface area contributed by atoms with Gasteiger partial charge in [-0.3, -0.25) is 0 Å². The van der Waals surface area contributed by atoms with Crippen LogP contribution in [0.1, 0.15) is 59.8 Å². The average molecular weight is 241 g/mol. The Bertz CT molecular complexity index is 193. The summed E-state index contributed by atoms with van der Waals surface area (Å²) >= 11 is 0. The van der Waals surface area contributed by atoms with E-state index in [-0.39, 0.29) is 0 Å². The molecule has 1 aliphatic rings. The van der Waals surface area contributed by atoms with Crippen molar-refractivity contribution in [2.24, 2.45) is 11.8 Å². The lowest BCUT2D eigenvalue weighted by Gasteiger charge is -2.33. The Kier molecular flexibility index (Phi) is 7.14. The molecule has 1 N–H and O–H groups in total. The van der Waals surface area contributed by atoms with E-state index in [1.54, 1.807) is 0 Å². The van der Waals surface area contributed by atoms with E-state index >= 15 is 0 Å². The summed E-state index contributed by atoms with van der Waals surface area (Å²) in [7, 11) is 0. The van der Waals surface area contributed by atoms with Gasteiger partial charge in [0.1, 0.15) is 0 Å². The summed E-state index contributed by atoms with van der Waals surface area (Å²) in [5.74, 6) is 1.52. The lowest BCUT2D eigenvalue weighted by atomic mass is 9.84. The van der Waals surface area contributed by atoms with Gasteiger partial charge in [-0.05, 0) is 38.1 Å². The molecule has 0 spiro atoms. The van der Waals surface area contributed by atoms with Gasteiger partial charge in [0, 0.05) is 6.54 Å². The molecule has 102 valence electrons. The molecule has 1 fully saturated rings. The zero-order valence-electron chi connectivity index (χ0n) is 12.2. The van der Waals surface area contributed by atoms with E-state index < -0.39 is 0 Å². The third-order valence-electron chi connectivity index (χ3n) is 3.76. The summed E-state index contributed by atoms with van der Waals surface area (Å²) in [6.45, 7) is 11.1. The molecule has 0 aliphatic heterocycles. The second-order valence-corrected chi connectivity index (χ2v) is 5.99. The van der Waals surface area contributed by atoms with Gasteiger partial charge in [-0.2, -0.15) is 0 Å². The number of nitrogens with one attached hydrogen (secondary N) is 1. The molecule has 0 saturated heterocycles. The molecule has 0 aromatic carbocycles. The molecule has 0 radical (unpaired) electrons. The number of rotatable bonds is 7. The number of ether oxygens (including phenoxy) is 1. The minimum absolute atomic E-state index is 0.353. The Morgan fingerprint density at radius 3 is 2.47 bits per heavy atom. The predicted octanol–water partition coefficient (Wildman–Crippen LogP) is 3.61. The molecule has 0 heterocycles. The Balaban J connectivity index is 2.21. The topological polar surface area (TPSA) is 21.3 Å². The summed E-state index contributed by atoms with van der Waals surface area (Å²) in [5, 5.41) is 3.48. The van der Waals surface area contributed by atoms with E-state index in [2.05, 4.69) is 33.0 Å². The van der Waals surface area contributed by atoms with Crippen LogP contribution in [0.15, 0.2) is 0 Å². The van der Waals surface area contributed by atoms with E-state index in [1.165, 1.54) is 32.1 Å². The van der Waals surface area contributed by atoms with Crippen molar-refractivity contribution < 1.29 is 4.74 Å². The number of hydrogen-bond donors (Lipinski definition) is 1. The number of hydrogen-bond acceptors (Lipinski definition) is 2. The van der Waals surface area contributed by atoms with Crippen molar-refractivity contribution in [3.63, 3.8) is 0 Å². The fourth-order valence-electron chi connectivity index (χ4n) is 2.74. The first-order valence-electron chi connectivity index (χ1n) is 7.49. The van der Waals surface area contributed by atoms with Crippen molar-refractivity contribution in [2.45, 2.75) is 72.0 Å². The second kappa shape index (κ2) is 8.10.